The van der Waals surface area contributed by atoms with Crippen LogP contribution in [0.4, 0.5) is 0 Å². The van der Waals surface area contributed by atoms with Crippen LogP contribution in [0.3, 0.4) is 0 Å². The molecule has 0 atom stereocenters. The third-order valence-corrected chi connectivity index (χ3v) is 2.51. The molecule has 15 heavy (non-hydrogen) atoms. The highest BCUT2D eigenvalue weighted by molar-refractivity contribution is 5.71. The number of aromatic nitrogens is 2. The zero-order chi connectivity index (χ0) is 10.3. The Hall–Kier alpha value is -1.90. The van der Waals surface area contributed by atoms with Gasteiger partial charge in [0.25, 0.3) is 0 Å². The van der Waals surface area contributed by atoms with Gasteiger partial charge in [0, 0.05) is 17.3 Å². The molecule has 0 N–H and O–H groups in total. The normalized spacial score (nSPS) is 12.6. The highest BCUT2D eigenvalue weighted by atomic mass is 16.5. The van der Waals surface area contributed by atoms with Crippen LogP contribution in [0.5, 0.6) is 5.75 Å². The average molecular weight is 198 g/mol. The number of para-hydroxylation sites is 1. The Morgan fingerprint density at radius 2 is 2.13 bits per heavy atom. The molecule has 0 fully saturated rings. The summed E-state index contributed by atoms with van der Waals surface area (Å²) in [7, 11) is 0. The molecule has 2 aromatic rings. The predicted octanol–water partition coefficient (Wildman–Crippen LogP) is 2.34. The Bertz CT molecular complexity index is 523. The lowest BCUT2D eigenvalue weighted by atomic mass is 10.0. The molecule has 0 amide bonds. The second kappa shape index (κ2) is 3.05. The maximum absolute atomic E-state index is 5.61. The number of hydrogen-bond acceptors (Lipinski definition) is 3. The van der Waals surface area contributed by atoms with Crippen molar-refractivity contribution in [1.82, 2.24) is 9.97 Å². The van der Waals surface area contributed by atoms with E-state index in [0.717, 1.165) is 28.4 Å². The highest BCUT2D eigenvalue weighted by Gasteiger charge is 2.18. The zero-order valence-corrected chi connectivity index (χ0v) is 8.40. The van der Waals surface area contributed by atoms with Crippen molar-refractivity contribution in [2.75, 3.05) is 0 Å². The maximum atomic E-state index is 5.61. The third-order valence-electron chi connectivity index (χ3n) is 2.51. The summed E-state index contributed by atoms with van der Waals surface area (Å²) in [5.41, 5.74) is 3.12. The van der Waals surface area contributed by atoms with E-state index in [4.69, 9.17) is 4.74 Å². The number of nitrogens with zero attached hydrogens (tertiary/aromatic N) is 2. The van der Waals surface area contributed by atoms with Crippen molar-refractivity contribution in [3.8, 4) is 17.0 Å². The van der Waals surface area contributed by atoms with Crippen molar-refractivity contribution >= 4 is 0 Å². The van der Waals surface area contributed by atoms with Crippen LogP contribution in [0.2, 0.25) is 0 Å². The van der Waals surface area contributed by atoms with Gasteiger partial charge in [0.15, 0.2) is 0 Å². The molecule has 0 unspecified atom stereocenters. The predicted molar refractivity (Wildman–Crippen MR) is 56.5 cm³/mol. The average Bonchev–Trinajstić information content (AvgIpc) is 2.29. The molecule has 0 saturated carbocycles. The summed E-state index contributed by atoms with van der Waals surface area (Å²) in [4.78, 5) is 8.64. The van der Waals surface area contributed by atoms with E-state index in [1.807, 2.05) is 37.4 Å². The first kappa shape index (κ1) is 8.41. The number of aryl methyl sites for hydroxylation is 1. The van der Waals surface area contributed by atoms with Crippen molar-refractivity contribution in [3.05, 3.63) is 41.9 Å². The molecule has 3 nitrogen and oxygen atoms in total. The molecule has 0 aliphatic carbocycles. The lowest BCUT2D eigenvalue weighted by Crippen LogP contribution is -2.08. The molecule has 3 rings (SSSR count). The van der Waals surface area contributed by atoms with Gasteiger partial charge in [-0.3, -0.25) is 0 Å². The molecule has 0 saturated heterocycles. The molecule has 74 valence electrons. The Kier molecular flexibility index (Phi) is 1.71. The van der Waals surface area contributed by atoms with Gasteiger partial charge in [-0.1, -0.05) is 12.1 Å². The van der Waals surface area contributed by atoms with Gasteiger partial charge in [-0.15, -0.1) is 0 Å². The fourth-order valence-electron chi connectivity index (χ4n) is 1.78. The van der Waals surface area contributed by atoms with Crippen LogP contribution in [0.25, 0.3) is 11.3 Å². The zero-order valence-electron chi connectivity index (χ0n) is 8.40. The minimum atomic E-state index is 0.562. The van der Waals surface area contributed by atoms with Gasteiger partial charge >= 0.3 is 0 Å². The Balaban J connectivity index is 2.28. The lowest BCUT2D eigenvalue weighted by Gasteiger charge is -2.19. The van der Waals surface area contributed by atoms with E-state index in [1.165, 1.54) is 0 Å². The highest BCUT2D eigenvalue weighted by Crippen LogP contribution is 2.35. The van der Waals surface area contributed by atoms with Crippen molar-refractivity contribution in [1.29, 1.82) is 0 Å². The molecule has 1 aromatic carbocycles. The van der Waals surface area contributed by atoms with E-state index in [2.05, 4.69) is 9.97 Å². The van der Waals surface area contributed by atoms with Crippen LogP contribution in [-0.4, -0.2) is 9.97 Å². The molecule has 1 aliphatic rings. The largest absolute Gasteiger partial charge is 0.488 e. The van der Waals surface area contributed by atoms with Gasteiger partial charge in [-0.05, 0) is 19.1 Å². The van der Waals surface area contributed by atoms with E-state index >= 15 is 0 Å². The van der Waals surface area contributed by atoms with E-state index < -0.39 is 0 Å². The first-order valence-corrected chi connectivity index (χ1v) is 4.89. The van der Waals surface area contributed by atoms with Crippen LogP contribution >= 0.6 is 0 Å². The fourth-order valence-corrected chi connectivity index (χ4v) is 1.78. The third kappa shape index (κ3) is 1.28. The Labute approximate surface area is 87.8 Å². The summed E-state index contributed by atoms with van der Waals surface area (Å²) in [5.74, 6) is 1.70. The minimum absolute atomic E-state index is 0.562. The van der Waals surface area contributed by atoms with Gasteiger partial charge < -0.3 is 4.74 Å². The molecular formula is C12H10N2O. The molecule has 0 spiro atoms. The van der Waals surface area contributed by atoms with Crippen molar-refractivity contribution in [2.45, 2.75) is 13.5 Å². The van der Waals surface area contributed by atoms with Gasteiger partial charge in [0.2, 0.25) is 0 Å². The summed E-state index contributed by atoms with van der Waals surface area (Å²) >= 11 is 0. The van der Waals surface area contributed by atoms with Crippen LogP contribution < -0.4 is 4.74 Å². The monoisotopic (exact) mass is 198 g/mol. The smallest absolute Gasteiger partial charge is 0.129 e. The van der Waals surface area contributed by atoms with Crippen LogP contribution in [0, 0.1) is 6.92 Å². The maximum Gasteiger partial charge on any atom is 0.129 e. The number of fused-ring (bicyclic) bond motifs is 3. The quantitative estimate of drug-likeness (QED) is 0.651. The molecule has 1 aromatic heterocycles. The molecule has 1 aliphatic heterocycles. The van der Waals surface area contributed by atoms with Crippen LogP contribution in [0.1, 0.15) is 11.4 Å². The Morgan fingerprint density at radius 3 is 3.07 bits per heavy atom. The summed E-state index contributed by atoms with van der Waals surface area (Å²) in [6, 6.07) is 7.96. The molecule has 2 heterocycles. The van der Waals surface area contributed by atoms with Crippen molar-refractivity contribution in [2.24, 2.45) is 0 Å². The van der Waals surface area contributed by atoms with Crippen molar-refractivity contribution in [3.63, 3.8) is 0 Å². The number of ether oxygens (including phenoxy) is 1. The van der Waals surface area contributed by atoms with Crippen molar-refractivity contribution < 1.29 is 4.74 Å². The van der Waals surface area contributed by atoms with E-state index in [-0.39, 0.29) is 0 Å². The molecule has 0 bridgehead atoms. The van der Waals surface area contributed by atoms with E-state index in [1.54, 1.807) is 0 Å². The summed E-state index contributed by atoms with van der Waals surface area (Å²) in [5, 5.41) is 0. The van der Waals surface area contributed by atoms with Gasteiger partial charge in [0.1, 0.15) is 18.2 Å². The second-order valence-electron chi connectivity index (χ2n) is 3.58. The van der Waals surface area contributed by atoms with E-state index in [0.29, 0.717) is 6.61 Å². The van der Waals surface area contributed by atoms with Gasteiger partial charge in [-0.25, -0.2) is 9.97 Å². The van der Waals surface area contributed by atoms with Crippen LogP contribution in [0.15, 0.2) is 30.5 Å². The summed E-state index contributed by atoms with van der Waals surface area (Å²) < 4.78 is 5.61. The second-order valence-corrected chi connectivity index (χ2v) is 3.58. The minimum Gasteiger partial charge on any atom is -0.488 e. The lowest BCUT2D eigenvalue weighted by molar-refractivity contribution is 0.301. The summed E-state index contributed by atoms with van der Waals surface area (Å²) in [6.07, 6.45) is 1.84. The SMILES string of the molecule is Cc1ncc2c(n1)-c1ccccc1OC2. The molecule has 0 radical (unpaired) electrons. The topological polar surface area (TPSA) is 35.0 Å². The van der Waals surface area contributed by atoms with Crippen LogP contribution in [-0.2, 0) is 6.61 Å². The standard InChI is InChI=1S/C12H10N2O/c1-8-13-6-9-7-15-11-5-3-2-4-10(11)12(9)14-8/h2-6H,7H2,1H3. The number of rotatable bonds is 0. The molecular weight excluding hydrogens is 188 g/mol. The Morgan fingerprint density at radius 1 is 1.27 bits per heavy atom. The number of hydrogen-bond donors (Lipinski definition) is 0. The van der Waals surface area contributed by atoms with E-state index in [9.17, 15) is 0 Å². The summed E-state index contributed by atoms with van der Waals surface area (Å²) in [6.45, 7) is 2.46. The first-order chi connectivity index (χ1) is 7.34. The fraction of sp³-hybridized carbons (Fsp3) is 0.167. The first-order valence-electron chi connectivity index (χ1n) is 4.89. The van der Waals surface area contributed by atoms with Gasteiger partial charge in [0.05, 0.1) is 5.69 Å². The molecule has 3 heteroatoms. The van der Waals surface area contributed by atoms with Gasteiger partial charge in [-0.2, -0.15) is 0 Å². The number of benzene rings is 1.